The minimum atomic E-state index is -1.25. The molecule has 10 nitrogen and oxygen atoms in total. The van der Waals surface area contributed by atoms with Crippen molar-refractivity contribution in [2.75, 3.05) is 13.1 Å². The predicted molar refractivity (Wildman–Crippen MR) is 160 cm³/mol. The molecule has 0 saturated heterocycles. The fourth-order valence-electron chi connectivity index (χ4n) is 6.11. The van der Waals surface area contributed by atoms with Crippen molar-refractivity contribution in [3.8, 4) is 17.4 Å². The second-order valence-corrected chi connectivity index (χ2v) is 11.5. The third-order valence-electron chi connectivity index (χ3n) is 9.00. The number of benzene rings is 1. The van der Waals surface area contributed by atoms with Crippen molar-refractivity contribution in [2.45, 2.75) is 66.9 Å². The van der Waals surface area contributed by atoms with E-state index in [9.17, 15) is 24.9 Å². The predicted octanol–water partition coefficient (Wildman–Crippen LogP) is 2.86. The Morgan fingerprint density at radius 2 is 1.79 bits per heavy atom. The first-order valence-corrected chi connectivity index (χ1v) is 14.5. The molecular weight excluding hydrogens is 548 g/mol. The molecule has 2 aromatic rings. The Morgan fingerprint density at radius 3 is 2.37 bits per heavy atom. The largest absolute Gasteiger partial charge is 0.871 e. The van der Waals surface area contributed by atoms with Crippen LogP contribution in [0.1, 0.15) is 60.7 Å². The Labute approximate surface area is 251 Å². The lowest BCUT2D eigenvalue weighted by Crippen LogP contribution is -2.51. The van der Waals surface area contributed by atoms with E-state index in [0.29, 0.717) is 41.1 Å². The number of fused-ring (bicyclic) bond motifs is 1. The number of Topliss-reactive ketones (excluding diaryl/α,β-unsaturated/α-hetero) is 1. The van der Waals surface area contributed by atoms with Crippen LogP contribution < -0.4 is 15.2 Å². The molecule has 0 bridgehead atoms. The molecule has 10 heteroatoms. The topological polar surface area (TPSA) is 140 Å². The Morgan fingerprint density at radius 1 is 1.12 bits per heavy atom. The molecule has 1 aromatic carbocycles. The van der Waals surface area contributed by atoms with Crippen LogP contribution in [-0.4, -0.2) is 60.7 Å². The Kier molecular flexibility index (Phi) is 7.36. The quantitative estimate of drug-likeness (QED) is 0.362. The van der Waals surface area contributed by atoms with Crippen LogP contribution in [0.5, 0.6) is 17.4 Å². The number of aromatic nitrogens is 2. The lowest BCUT2D eigenvalue weighted by Gasteiger charge is -2.37. The van der Waals surface area contributed by atoms with Crippen molar-refractivity contribution in [3.05, 3.63) is 74.3 Å². The zero-order valence-electron chi connectivity index (χ0n) is 25.9. The molecule has 226 valence electrons. The normalized spacial score (nSPS) is 21.3. The summed E-state index contributed by atoms with van der Waals surface area (Å²) in [6, 6.07) is 0. The molecule has 43 heavy (non-hydrogen) atoms. The maximum atomic E-state index is 14.0. The molecule has 0 radical (unpaired) electrons. The van der Waals surface area contributed by atoms with Crippen LogP contribution in [0.3, 0.4) is 0 Å². The van der Waals surface area contributed by atoms with Gasteiger partial charge in [-0.2, -0.15) is 5.10 Å². The number of aryl methyl sites for hydroxylation is 2. The number of nitrogens with one attached hydrogen (secondary N) is 1. The molecule has 0 saturated carbocycles. The van der Waals surface area contributed by atoms with Crippen molar-refractivity contribution in [1.82, 2.24) is 15.1 Å². The van der Waals surface area contributed by atoms with Crippen molar-refractivity contribution >= 4 is 23.0 Å². The number of ketones is 1. The van der Waals surface area contributed by atoms with E-state index in [1.807, 2.05) is 40.7 Å². The van der Waals surface area contributed by atoms with Gasteiger partial charge >= 0.3 is 0 Å². The van der Waals surface area contributed by atoms with Crippen molar-refractivity contribution < 1.29 is 34.2 Å². The number of aromatic hydroxyl groups is 2. The second kappa shape index (κ2) is 10.6. The Bertz CT molecular complexity index is 1760. The summed E-state index contributed by atoms with van der Waals surface area (Å²) in [6.07, 6.45) is 6.18. The van der Waals surface area contributed by atoms with E-state index in [-0.39, 0.29) is 28.3 Å². The number of ether oxygens (including phenoxy) is 1. The molecule has 5 rings (SSSR count). The van der Waals surface area contributed by atoms with Gasteiger partial charge in [0.15, 0.2) is 11.4 Å². The summed E-state index contributed by atoms with van der Waals surface area (Å²) in [4.78, 5) is 27.4. The Balaban J connectivity index is 1.56. The van der Waals surface area contributed by atoms with E-state index in [4.69, 9.17) is 4.74 Å². The maximum Gasteiger partial charge on any atom is 0.268 e. The number of phenolic OH excluding ortho intramolecular Hbond substituents is 1. The number of amides is 1. The van der Waals surface area contributed by atoms with Gasteiger partial charge in [0.25, 0.3) is 5.91 Å². The van der Waals surface area contributed by atoms with Crippen LogP contribution >= 0.6 is 0 Å². The zero-order valence-corrected chi connectivity index (χ0v) is 25.9. The fourth-order valence-corrected chi connectivity index (χ4v) is 6.11. The molecule has 0 spiro atoms. The number of hydrogen-bond acceptors (Lipinski definition) is 7. The number of nitrogens with zero attached hydrogens (tertiary/aromatic N) is 3. The summed E-state index contributed by atoms with van der Waals surface area (Å²) in [5.41, 5.74) is 3.63. The monoisotopic (exact) mass is 586 g/mol. The van der Waals surface area contributed by atoms with E-state index in [2.05, 4.69) is 15.0 Å². The standard InChI is InChI=1S/C33H38N4O6/c1-9-37(10-2)20-11-12-22(25-28(39)26(29(25)40)24-19(6)35-36(8)31(24)41)23(15-20)34-32(42)33(7)14-13-21-18(5)27(38)16(3)17(4)30(21)43-33/h11-12,15H,9-10,13-14H2,1-8H3,(H3,34,35,38,39,40,41,42). The molecule has 1 aromatic heterocycles. The van der Waals surface area contributed by atoms with Gasteiger partial charge in [0.05, 0.1) is 17.0 Å². The van der Waals surface area contributed by atoms with E-state index in [1.54, 1.807) is 26.0 Å². The molecular formula is C33H38N4O6. The molecule has 2 aliphatic carbocycles. The maximum absolute atomic E-state index is 14.0. The van der Waals surface area contributed by atoms with E-state index in [0.717, 1.165) is 35.5 Å². The van der Waals surface area contributed by atoms with E-state index in [1.165, 1.54) is 11.7 Å². The second-order valence-electron chi connectivity index (χ2n) is 11.5. The van der Waals surface area contributed by atoms with Crippen molar-refractivity contribution in [2.24, 2.45) is 7.05 Å². The summed E-state index contributed by atoms with van der Waals surface area (Å²) in [5.74, 6) is -0.864. The summed E-state index contributed by atoms with van der Waals surface area (Å²) in [6.45, 7) is 14.4. The van der Waals surface area contributed by atoms with Gasteiger partial charge in [-0.05, 0) is 77.7 Å². The highest BCUT2D eigenvalue weighted by atomic mass is 16.5. The summed E-state index contributed by atoms with van der Waals surface area (Å²) >= 11 is 0. The number of carbonyl (C=O) groups excluding carboxylic acids is 2. The minimum absolute atomic E-state index is 0.0586. The molecule has 2 heterocycles. The average Bonchev–Trinajstić information content (AvgIpc) is 3.22. The lowest BCUT2D eigenvalue weighted by molar-refractivity contribution is -0.519. The molecule has 3 aliphatic rings. The van der Waals surface area contributed by atoms with Gasteiger partial charge in [0.2, 0.25) is 11.6 Å². The third-order valence-corrected chi connectivity index (χ3v) is 9.00. The number of allylic oxidation sites excluding steroid dienone is 5. The number of phenols is 1. The third kappa shape index (κ3) is 4.56. The SMILES string of the molecule is CC[N+](CC)=C1C=C/C(=C2\C(=O)C(c3c(C)nn(C)c3O)=C2[O-])C(NC(=O)C2(C)CCc3c(C)c(O)c(C)c(C)c3O2)=C1. The fraction of sp³-hybridized carbons (Fsp3) is 0.394. The molecule has 3 N–H and O–H groups in total. The van der Waals surface area contributed by atoms with E-state index < -0.39 is 23.1 Å². The van der Waals surface area contributed by atoms with Crippen LogP contribution in [0.4, 0.5) is 0 Å². The first-order chi connectivity index (χ1) is 20.2. The summed E-state index contributed by atoms with van der Waals surface area (Å²) in [5, 5.41) is 41.6. The highest BCUT2D eigenvalue weighted by Gasteiger charge is 2.42. The van der Waals surface area contributed by atoms with E-state index >= 15 is 0 Å². The first kappa shape index (κ1) is 29.9. The number of carbonyl (C=O) groups is 2. The van der Waals surface area contributed by atoms with Crippen molar-refractivity contribution in [1.29, 1.82) is 0 Å². The molecule has 0 fully saturated rings. The molecule has 1 atom stereocenters. The van der Waals surface area contributed by atoms with Crippen molar-refractivity contribution in [3.63, 3.8) is 0 Å². The number of rotatable bonds is 5. The number of hydrogen-bond donors (Lipinski definition) is 3. The first-order valence-electron chi connectivity index (χ1n) is 14.5. The van der Waals surface area contributed by atoms with Gasteiger partial charge in [-0.1, -0.05) is 5.76 Å². The van der Waals surface area contributed by atoms with Crippen LogP contribution in [-0.2, 0) is 23.1 Å². The van der Waals surface area contributed by atoms with Crippen LogP contribution in [0, 0.1) is 27.7 Å². The smallest absolute Gasteiger partial charge is 0.268 e. The van der Waals surface area contributed by atoms with Gasteiger partial charge in [-0.15, -0.1) is 0 Å². The molecule has 1 amide bonds. The molecule has 1 aliphatic heterocycles. The van der Waals surface area contributed by atoms with Crippen LogP contribution in [0.15, 0.2) is 40.8 Å². The van der Waals surface area contributed by atoms with Gasteiger partial charge in [0.1, 0.15) is 24.6 Å². The average molecular weight is 587 g/mol. The summed E-state index contributed by atoms with van der Waals surface area (Å²) in [7, 11) is 1.53. The lowest BCUT2D eigenvalue weighted by atomic mass is 9.79. The summed E-state index contributed by atoms with van der Waals surface area (Å²) < 4.78 is 9.71. The molecule has 1 unspecified atom stereocenters. The zero-order chi connectivity index (χ0) is 31.5. The van der Waals surface area contributed by atoms with Gasteiger partial charge in [-0.25, -0.2) is 9.26 Å². The highest BCUT2D eigenvalue weighted by Crippen LogP contribution is 2.45. The van der Waals surface area contributed by atoms with Crippen LogP contribution in [0.25, 0.3) is 5.57 Å². The van der Waals surface area contributed by atoms with Gasteiger partial charge < -0.3 is 25.4 Å². The van der Waals surface area contributed by atoms with Crippen LogP contribution in [0.2, 0.25) is 0 Å². The highest BCUT2D eigenvalue weighted by molar-refractivity contribution is 6.40. The Hall–Kier alpha value is -4.60. The minimum Gasteiger partial charge on any atom is -0.871 e. The van der Waals surface area contributed by atoms with Gasteiger partial charge in [-0.3, -0.25) is 9.59 Å². The van der Waals surface area contributed by atoms with Gasteiger partial charge in [0, 0.05) is 47.9 Å².